The molecule has 0 saturated heterocycles. The molecule has 0 spiro atoms. The smallest absolute Gasteiger partial charge is 0.333 e. The van der Waals surface area contributed by atoms with Gasteiger partial charge in [-0.2, -0.15) is 0 Å². The van der Waals surface area contributed by atoms with Gasteiger partial charge in [-0.05, 0) is 19.3 Å². The van der Waals surface area contributed by atoms with Crippen molar-refractivity contribution in [3.63, 3.8) is 0 Å². The molecule has 0 bridgehead atoms. The Bertz CT molecular complexity index is 275. The van der Waals surface area contributed by atoms with Crippen LogP contribution in [0.4, 0.5) is 0 Å². The maximum Gasteiger partial charge on any atom is 0.333 e. The number of carboxylic acid groups (broad SMARTS) is 1. The monoisotopic (exact) mass is 197 g/mol. The van der Waals surface area contributed by atoms with Crippen molar-refractivity contribution in [2.45, 2.75) is 31.4 Å². The highest BCUT2D eigenvalue weighted by Gasteiger charge is 2.38. The number of hydrogen-bond acceptors (Lipinski definition) is 3. The molecule has 4 nitrogen and oxygen atoms in total. The summed E-state index contributed by atoms with van der Waals surface area (Å²) >= 11 is 0. The fourth-order valence-corrected chi connectivity index (χ4v) is 2.43. The molecular weight excluding hydrogens is 182 g/mol. The van der Waals surface area contributed by atoms with E-state index in [0.717, 1.165) is 19.3 Å². The Morgan fingerprint density at radius 1 is 1.64 bits per heavy atom. The second kappa shape index (κ2) is 3.61. The summed E-state index contributed by atoms with van der Waals surface area (Å²) in [6, 6.07) is 0.264. The number of rotatable bonds is 2. The third-order valence-electron chi connectivity index (χ3n) is 3.23. The van der Waals surface area contributed by atoms with Crippen LogP contribution in [0.15, 0.2) is 11.8 Å². The highest BCUT2D eigenvalue weighted by molar-refractivity contribution is 5.87. The molecule has 1 saturated carbocycles. The van der Waals surface area contributed by atoms with Crippen LogP contribution >= 0.6 is 0 Å². The van der Waals surface area contributed by atoms with E-state index in [1.165, 1.54) is 0 Å². The first-order chi connectivity index (χ1) is 6.72. The van der Waals surface area contributed by atoms with Gasteiger partial charge in [-0.25, -0.2) is 4.79 Å². The highest BCUT2D eigenvalue weighted by atomic mass is 16.5. The van der Waals surface area contributed by atoms with Crippen LogP contribution in [0.1, 0.15) is 19.3 Å². The number of hydrogen-bond donors (Lipinski definition) is 2. The lowest BCUT2D eigenvalue weighted by Crippen LogP contribution is -2.38. The molecular formula is C10H15NO3. The molecule has 2 rings (SSSR count). The van der Waals surface area contributed by atoms with Gasteiger partial charge in [-0.3, -0.25) is 0 Å². The van der Waals surface area contributed by atoms with E-state index < -0.39 is 5.97 Å². The van der Waals surface area contributed by atoms with Crippen LogP contribution in [0.2, 0.25) is 0 Å². The van der Waals surface area contributed by atoms with Crippen molar-refractivity contribution in [2.75, 3.05) is 7.11 Å². The first-order valence-electron chi connectivity index (χ1n) is 4.94. The lowest BCUT2D eigenvalue weighted by Gasteiger charge is -2.31. The largest absolute Gasteiger partial charge is 0.478 e. The molecule has 1 aliphatic heterocycles. The maximum absolute atomic E-state index is 10.9. The van der Waals surface area contributed by atoms with Gasteiger partial charge in [0.15, 0.2) is 0 Å². The van der Waals surface area contributed by atoms with Gasteiger partial charge in [-0.1, -0.05) is 0 Å². The van der Waals surface area contributed by atoms with Crippen LogP contribution in [0.5, 0.6) is 0 Å². The first-order valence-corrected chi connectivity index (χ1v) is 4.94. The zero-order chi connectivity index (χ0) is 10.1. The second-order valence-electron chi connectivity index (χ2n) is 3.96. The van der Waals surface area contributed by atoms with E-state index in [1.807, 2.05) is 0 Å². The molecule has 4 heteroatoms. The SMILES string of the molecule is COC1CCC2C(C(=O)O)=CNC2C1. The minimum Gasteiger partial charge on any atom is -0.478 e. The summed E-state index contributed by atoms with van der Waals surface area (Å²) in [6.45, 7) is 0. The van der Waals surface area contributed by atoms with Crippen LogP contribution in [0.25, 0.3) is 0 Å². The summed E-state index contributed by atoms with van der Waals surface area (Å²) in [4.78, 5) is 10.9. The Hall–Kier alpha value is -1.03. The molecule has 0 aromatic rings. The minimum absolute atomic E-state index is 0.180. The van der Waals surface area contributed by atoms with Gasteiger partial charge in [0.25, 0.3) is 0 Å². The lowest BCUT2D eigenvalue weighted by molar-refractivity contribution is -0.133. The van der Waals surface area contributed by atoms with Crippen molar-refractivity contribution in [1.29, 1.82) is 0 Å². The number of fused-ring (bicyclic) bond motifs is 1. The molecule has 78 valence electrons. The van der Waals surface area contributed by atoms with Gasteiger partial charge in [0.2, 0.25) is 0 Å². The van der Waals surface area contributed by atoms with Gasteiger partial charge in [0.1, 0.15) is 0 Å². The van der Waals surface area contributed by atoms with Crippen molar-refractivity contribution in [2.24, 2.45) is 5.92 Å². The fraction of sp³-hybridized carbons (Fsp3) is 0.700. The summed E-state index contributed by atoms with van der Waals surface area (Å²) in [5.41, 5.74) is 0.532. The summed E-state index contributed by atoms with van der Waals surface area (Å²) in [5.74, 6) is -0.611. The summed E-state index contributed by atoms with van der Waals surface area (Å²) < 4.78 is 5.28. The molecule has 1 heterocycles. The molecule has 0 radical (unpaired) electrons. The molecule has 3 atom stereocenters. The number of ether oxygens (including phenoxy) is 1. The van der Waals surface area contributed by atoms with E-state index in [0.29, 0.717) is 5.57 Å². The van der Waals surface area contributed by atoms with Gasteiger partial charge in [-0.15, -0.1) is 0 Å². The lowest BCUT2D eigenvalue weighted by atomic mass is 9.81. The van der Waals surface area contributed by atoms with E-state index in [9.17, 15) is 4.79 Å². The van der Waals surface area contributed by atoms with Crippen molar-refractivity contribution in [3.05, 3.63) is 11.8 Å². The van der Waals surface area contributed by atoms with E-state index >= 15 is 0 Å². The quantitative estimate of drug-likeness (QED) is 0.685. The molecule has 3 unspecified atom stereocenters. The van der Waals surface area contributed by atoms with Crippen LogP contribution in [0, 0.1) is 5.92 Å². The average molecular weight is 197 g/mol. The number of aliphatic carboxylic acids is 1. The van der Waals surface area contributed by atoms with Gasteiger partial charge in [0.05, 0.1) is 11.7 Å². The molecule has 2 aliphatic rings. The summed E-state index contributed by atoms with van der Waals surface area (Å²) in [6.07, 6.45) is 4.72. The molecule has 0 aromatic carbocycles. The minimum atomic E-state index is -0.791. The Balaban J connectivity index is 2.04. The Kier molecular flexibility index (Phi) is 2.46. The highest BCUT2D eigenvalue weighted by Crippen LogP contribution is 2.34. The molecule has 0 amide bonds. The van der Waals surface area contributed by atoms with Crippen molar-refractivity contribution >= 4 is 5.97 Å². The number of methoxy groups -OCH3 is 1. The van der Waals surface area contributed by atoms with Crippen LogP contribution in [0.3, 0.4) is 0 Å². The zero-order valence-electron chi connectivity index (χ0n) is 8.19. The normalized spacial score (nSPS) is 35.8. The number of carboxylic acids is 1. The van der Waals surface area contributed by atoms with E-state index in [2.05, 4.69) is 5.32 Å². The Morgan fingerprint density at radius 2 is 2.43 bits per heavy atom. The Labute approximate surface area is 82.9 Å². The fourth-order valence-electron chi connectivity index (χ4n) is 2.43. The van der Waals surface area contributed by atoms with Crippen molar-refractivity contribution in [3.8, 4) is 0 Å². The van der Waals surface area contributed by atoms with Crippen LogP contribution in [-0.2, 0) is 9.53 Å². The van der Waals surface area contributed by atoms with E-state index in [1.54, 1.807) is 13.3 Å². The molecule has 2 N–H and O–H groups in total. The molecule has 1 fully saturated rings. The van der Waals surface area contributed by atoms with Crippen LogP contribution in [-0.4, -0.2) is 30.3 Å². The van der Waals surface area contributed by atoms with Gasteiger partial charge >= 0.3 is 5.97 Å². The van der Waals surface area contributed by atoms with Crippen LogP contribution < -0.4 is 5.32 Å². The summed E-state index contributed by atoms with van der Waals surface area (Å²) in [7, 11) is 1.71. The first kappa shape index (κ1) is 9.52. The van der Waals surface area contributed by atoms with Gasteiger partial charge < -0.3 is 15.2 Å². The average Bonchev–Trinajstić information content (AvgIpc) is 2.59. The number of nitrogens with one attached hydrogen (secondary N) is 1. The third-order valence-corrected chi connectivity index (χ3v) is 3.23. The topological polar surface area (TPSA) is 58.6 Å². The predicted octanol–water partition coefficient (Wildman–Crippen LogP) is 0.742. The van der Waals surface area contributed by atoms with Crippen molar-refractivity contribution < 1.29 is 14.6 Å². The second-order valence-corrected chi connectivity index (χ2v) is 3.96. The maximum atomic E-state index is 10.9. The Morgan fingerprint density at radius 3 is 3.07 bits per heavy atom. The van der Waals surface area contributed by atoms with Crippen molar-refractivity contribution in [1.82, 2.24) is 5.32 Å². The molecule has 14 heavy (non-hydrogen) atoms. The molecule has 1 aliphatic carbocycles. The predicted molar refractivity (Wildman–Crippen MR) is 50.8 cm³/mol. The van der Waals surface area contributed by atoms with Gasteiger partial charge in [0, 0.05) is 25.3 Å². The zero-order valence-corrected chi connectivity index (χ0v) is 8.19. The van der Waals surface area contributed by atoms with E-state index in [-0.39, 0.29) is 18.1 Å². The summed E-state index contributed by atoms with van der Waals surface area (Å²) in [5, 5.41) is 12.1. The third kappa shape index (κ3) is 1.50. The number of carbonyl (C=O) groups is 1. The molecule has 0 aromatic heterocycles. The van der Waals surface area contributed by atoms with E-state index in [4.69, 9.17) is 9.84 Å². The standard InChI is InChI=1S/C10H15NO3/c1-14-6-2-3-7-8(10(12)13)5-11-9(7)4-6/h5-7,9,11H,2-4H2,1H3,(H,12,13).